The smallest absolute Gasteiger partial charge is 0.324 e. The lowest BCUT2D eigenvalue weighted by molar-refractivity contribution is -0.386. The Hall–Kier alpha value is -1.10. The van der Waals surface area contributed by atoms with Crippen LogP contribution in [0.1, 0.15) is 25.7 Å². The number of hydrogen-bond acceptors (Lipinski definition) is 3. The SMILES string of the molecule is O=[N+]([O-])c1c(Br)cccc1OCC1CCCC1. The summed E-state index contributed by atoms with van der Waals surface area (Å²) < 4.78 is 6.06. The molecule has 4 nitrogen and oxygen atoms in total. The first-order valence-corrected chi connectivity index (χ1v) is 6.53. The van der Waals surface area contributed by atoms with Crippen LogP contribution < -0.4 is 4.74 Å². The van der Waals surface area contributed by atoms with Crippen LogP contribution in [0.25, 0.3) is 0 Å². The Bertz CT molecular complexity index is 416. The number of nitrogens with zero attached hydrogens (tertiary/aromatic N) is 1. The highest BCUT2D eigenvalue weighted by molar-refractivity contribution is 9.10. The van der Waals surface area contributed by atoms with Crippen LogP contribution in [0.4, 0.5) is 5.69 Å². The number of rotatable bonds is 4. The third kappa shape index (κ3) is 2.97. The Balaban J connectivity index is 2.09. The molecule has 1 saturated carbocycles. The van der Waals surface area contributed by atoms with Crippen LogP contribution in [-0.4, -0.2) is 11.5 Å². The van der Waals surface area contributed by atoms with Crippen LogP contribution in [-0.2, 0) is 0 Å². The van der Waals surface area contributed by atoms with Gasteiger partial charge >= 0.3 is 5.69 Å². The number of nitro benzene ring substituents is 1. The van der Waals surface area contributed by atoms with E-state index in [-0.39, 0.29) is 5.69 Å². The molecule has 2 rings (SSSR count). The molecule has 0 atom stereocenters. The predicted molar refractivity (Wildman–Crippen MR) is 68.2 cm³/mol. The van der Waals surface area contributed by atoms with Crippen LogP contribution in [0.15, 0.2) is 22.7 Å². The molecule has 1 aromatic carbocycles. The van der Waals surface area contributed by atoms with Crippen molar-refractivity contribution in [2.75, 3.05) is 6.61 Å². The highest BCUT2D eigenvalue weighted by Crippen LogP contribution is 2.35. The van der Waals surface area contributed by atoms with Gasteiger partial charge in [-0.3, -0.25) is 10.1 Å². The summed E-state index contributed by atoms with van der Waals surface area (Å²) >= 11 is 3.18. The summed E-state index contributed by atoms with van der Waals surface area (Å²) in [7, 11) is 0. The van der Waals surface area contributed by atoms with E-state index < -0.39 is 4.92 Å². The first-order chi connectivity index (χ1) is 8.18. The second kappa shape index (κ2) is 5.49. The van der Waals surface area contributed by atoms with Crippen LogP contribution in [0.5, 0.6) is 5.75 Å². The molecule has 0 unspecified atom stereocenters. The maximum Gasteiger partial charge on any atom is 0.324 e. The molecule has 0 saturated heterocycles. The second-order valence-electron chi connectivity index (χ2n) is 4.31. The van der Waals surface area contributed by atoms with Crippen molar-refractivity contribution in [3.63, 3.8) is 0 Å². The highest BCUT2D eigenvalue weighted by atomic mass is 79.9. The largest absolute Gasteiger partial charge is 0.486 e. The second-order valence-corrected chi connectivity index (χ2v) is 5.16. The van der Waals surface area contributed by atoms with E-state index in [1.807, 2.05) is 0 Å². The van der Waals surface area contributed by atoms with Crippen molar-refractivity contribution >= 4 is 21.6 Å². The lowest BCUT2D eigenvalue weighted by atomic mass is 10.1. The summed E-state index contributed by atoms with van der Waals surface area (Å²) in [5.41, 5.74) is 0.0190. The first-order valence-electron chi connectivity index (χ1n) is 5.74. The van der Waals surface area contributed by atoms with Crippen molar-refractivity contribution in [3.8, 4) is 5.75 Å². The third-order valence-corrected chi connectivity index (χ3v) is 3.72. The molecule has 0 N–H and O–H groups in total. The Morgan fingerprint density at radius 3 is 2.76 bits per heavy atom. The zero-order valence-corrected chi connectivity index (χ0v) is 11.0. The lowest BCUT2D eigenvalue weighted by Crippen LogP contribution is -2.09. The van der Waals surface area contributed by atoms with Crippen LogP contribution >= 0.6 is 15.9 Å². The lowest BCUT2D eigenvalue weighted by Gasteiger charge is -2.11. The average molecular weight is 300 g/mol. The average Bonchev–Trinajstić information content (AvgIpc) is 2.78. The van der Waals surface area contributed by atoms with Gasteiger partial charge in [-0.05, 0) is 46.8 Å². The van der Waals surface area contributed by atoms with E-state index >= 15 is 0 Å². The number of halogens is 1. The summed E-state index contributed by atoms with van der Waals surface area (Å²) in [5.74, 6) is 0.907. The number of nitro groups is 1. The minimum absolute atomic E-state index is 0.0190. The van der Waals surface area contributed by atoms with Gasteiger partial charge in [0.05, 0.1) is 16.0 Å². The molecule has 92 valence electrons. The maximum absolute atomic E-state index is 10.9. The molecule has 17 heavy (non-hydrogen) atoms. The van der Waals surface area contributed by atoms with Gasteiger partial charge in [-0.2, -0.15) is 0 Å². The van der Waals surface area contributed by atoms with E-state index in [2.05, 4.69) is 15.9 Å². The monoisotopic (exact) mass is 299 g/mol. The van der Waals surface area contributed by atoms with Crippen LogP contribution in [0.3, 0.4) is 0 Å². The molecule has 0 bridgehead atoms. The zero-order chi connectivity index (χ0) is 12.3. The maximum atomic E-state index is 10.9. The summed E-state index contributed by atoms with van der Waals surface area (Å²) in [6.45, 7) is 0.581. The normalized spacial score (nSPS) is 16.1. The molecule has 0 aromatic heterocycles. The summed E-state index contributed by atoms with van der Waals surface area (Å²) in [6, 6.07) is 5.06. The van der Waals surface area contributed by atoms with E-state index in [0.29, 0.717) is 22.7 Å². The quantitative estimate of drug-likeness (QED) is 0.625. The van der Waals surface area contributed by atoms with Gasteiger partial charge in [-0.15, -0.1) is 0 Å². The highest BCUT2D eigenvalue weighted by Gasteiger charge is 2.21. The van der Waals surface area contributed by atoms with Crippen LogP contribution in [0.2, 0.25) is 0 Å². The van der Waals surface area contributed by atoms with E-state index in [4.69, 9.17) is 4.74 Å². The zero-order valence-electron chi connectivity index (χ0n) is 9.39. The Morgan fingerprint density at radius 2 is 2.12 bits per heavy atom. The van der Waals surface area contributed by atoms with E-state index in [9.17, 15) is 10.1 Å². The first kappa shape index (κ1) is 12.4. The molecule has 1 aliphatic rings. The molecule has 0 heterocycles. The van der Waals surface area contributed by atoms with Gasteiger partial charge in [0.25, 0.3) is 0 Å². The molecular formula is C12H14BrNO3. The van der Waals surface area contributed by atoms with E-state index in [0.717, 1.165) is 0 Å². The minimum Gasteiger partial charge on any atom is -0.486 e. The molecule has 0 radical (unpaired) electrons. The fourth-order valence-electron chi connectivity index (χ4n) is 2.17. The molecular weight excluding hydrogens is 286 g/mol. The summed E-state index contributed by atoms with van der Waals surface area (Å²) in [4.78, 5) is 10.5. The van der Waals surface area contributed by atoms with Crippen molar-refractivity contribution in [1.82, 2.24) is 0 Å². The Kier molecular flexibility index (Phi) is 3.99. The molecule has 5 heteroatoms. The molecule has 0 spiro atoms. The summed E-state index contributed by atoms with van der Waals surface area (Å²) in [5, 5.41) is 10.9. The van der Waals surface area contributed by atoms with E-state index in [1.54, 1.807) is 18.2 Å². The molecule has 0 aliphatic heterocycles. The van der Waals surface area contributed by atoms with Gasteiger partial charge in [0.2, 0.25) is 0 Å². The number of ether oxygens (including phenoxy) is 1. The van der Waals surface area contributed by atoms with Gasteiger partial charge < -0.3 is 4.74 Å². The topological polar surface area (TPSA) is 52.4 Å². The number of para-hydroxylation sites is 1. The van der Waals surface area contributed by atoms with E-state index in [1.165, 1.54) is 25.7 Å². The molecule has 0 amide bonds. The molecule has 1 fully saturated rings. The number of hydrogen-bond donors (Lipinski definition) is 0. The van der Waals surface area contributed by atoms with Crippen molar-refractivity contribution in [1.29, 1.82) is 0 Å². The van der Waals surface area contributed by atoms with Gasteiger partial charge in [0.1, 0.15) is 0 Å². The van der Waals surface area contributed by atoms with Gasteiger partial charge in [0.15, 0.2) is 5.75 Å². The Labute approximate surface area is 108 Å². The fraction of sp³-hybridized carbons (Fsp3) is 0.500. The predicted octanol–water partition coefficient (Wildman–Crippen LogP) is 3.93. The third-order valence-electron chi connectivity index (χ3n) is 3.08. The van der Waals surface area contributed by atoms with Crippen molar-refractivity contribution in [3.05, 3.63) is 32.8 Å². The van der Waals surface area contributed by atoms with Crippen molar-refractivity contribution in [2.45, 2.75) is 25.7 Å². The van der Waals surface area contributed by atoms with Gasteiger partial charge in [-0.1, -0.05) is 18.9 Å². The Morgan fingerprint density at radius 1 is 1.41 bits per heavy atom. The summed E-state index contributed by atoms with van der Waals surface area (Å²) in [6.07, 6.45) is 4.83. The van der Waals surface area contributed by atoms with Crippen molar-refractivity contribution < 1.29 is 9.66 Å². The van der Waals surface area contributed by atoms with Crippen LogP contribution in [0, 0.1) is 16.0 Å². The fourth-order valence-corrected chi connectivity index (χ4v) is 2.67. The molecule has 1 aromatic rings. The van der Waals surface area contributed by atoms with Gasteiger partial charge in [-0.25, -0.2) is 0 Å². The minimum atomic E-state index is -0.409. The van der Waals surface area contributed by atoms with Crippen molar-refractivity contribution in [2.24, 2.45) is 5.92 Å². The standard InChI is InChI=1S/C12H14BrNO3/c13-10-6-3-7-11(12(10)14(15)16)17-8-9-4-1-2-5-9/h3,6-7,9H,1-2,4-5,8H2. The van der Waals surface area contributed by atoms with Gasteiger partial charge in [0, 0.05) is 0 Å². The molecule has 1 aliphatic carbocycles. The number of benzene rings is 1.